The van der Waals surface area contributed by atoms with E-state index in [0.717, 1.165) is 17.0 Å². The van der Waals surface area contributed by atoms with Gasteiger partial charge in [0.25, 0.3) is 11.8 Å². The maximum Gasteiger partial charge on any atom is 0.418 e. The third-order valence-corrected chi connectivity index (χ3v) is 7.21. The Labute approximate surface area is 233 Å². The number of carbonyl (C=O) groups is 2. The number of carbonyl (C=O) groups excluding carboxylic acids is 2. The molecule has 11 nitrogen and oxygen atoms in total. The molecule has 0 saturated heterocycles. The molecule has 1 aromatic heterocycles. The number of benzene rings is 2. The third-order valence-electron chi connectivity index (χ3n) is 6.14. The smallest absolute Gasteiger partial charge is 0.388 e. The molecule has 1 unspecified atom stereocenters. The Kier molecular flexibility index (Phi) is 8.65. The molecule has 0 aliphatic carbocycles. The molecule has 2 heterocycles. The van der Waals surface area contributed by atoms with E-state index < -0.39 is 12.0 Å². The second-order valence-electron chi connectivity index (χ2n) is 9.12. The number of nitrogens with one attached hydrogen (secondary N) is 3. The summed E-state index contributed by atoms with van der Waals surface area (Å²) in [6.45, 7) is 1.48. The van der Waals surface area contributed by atoms with Crippen molar-refractivity contribution in [2.75, 3.05) is 49.8 Å². The van der Waals surface area contributed by atoms with E-state index in [4.69, 9.17) is 16.3 Å². The SMILES string of the molecule is CN(C)CCC1CCN(C)c2cccc(NC(=O)Oc3n[nH]c(NC(=O)c4ccccc4Cl)c3Br)c2[N+]1=O. The first-order chi connectivity index (χ1) is 18.2. The van der Waals surface area contributed by atoms with Crippen LogP contribution < -0.4 is 20.3 Å². The van der Waals surface area contributed by atoms with Crippen LogP contribution in [0.2, 0.25) is 5.02 Å². The number of nitroso groups, excluding NO2 is 1. The van der Waals surface area contributed by atoms with Gasteiger partial charge in [0.05, 0.1) is 10.6 Å². The van der Waals surface area contributed by atoms with Crippen molar-refractivity contribution in [1.82, 2.24) is 15.1 Å². The highest BCUT2D eigenvalue weighted by Gasteiger charge is 2.37. The van der Waals surface area contributed by atoms with Gasteiger partial charge in [-0.2, -0.15) is 0 Å². The second-order valence-corrected chi connectivity index (χ2v) is 10.3. The van der Waals surface area contributed by atoms with Gasteiger partial charge in [0.1, 0.15) is 21.7 Å². The van der Waals surface area contributed by atoms with Crippen LogP contribution in [0.25, 0.3) is 0 Å². The van der Waals surface area contributed by atoms with Crippen molar-refractivity contribution in [1.29, 1.82) is 0 Å². The van der Waals surface area contributed by atoms with E-state index in [9.17, 15) is 14.5 Å². The molecule has 0 radical (unpaired) electrons. The van der Waals surface area contributed by atoms with Crippen LogP contribution in [0.15, 0.2) is 46.9 Å². The van der Waals surface area contributed by atoms with Crippen LogP contribution in [0.1, 0.15) is 23.2 Å². The number of ether oxygens (including phenoxy) is 1. The summed E-state index contributed by atoms with van der Waals surface area (Å²) >= 11 is 9.38. The Morgan fingerprint density at radius 3 is 2.74 bits per heavy atom. The molecule has 2 amide bonds. The van der Waals surface area contributed by atoms with Crippen LogP contribution in [0.5, 0.6) is 5.88 Å². The molecule has 0 saturated carbocycles. The minimum absolute atomic E-state index is 0.0982. The number of hydrogen-bond acceptors (Lipinski definition) is 7. The standard InChI is InChI=1S/C25H27BrClN7O4/c1-32(2)13-11-15-12-14-33(3)19-10-6-9-18(21(19)34(15)37)28-25(36)38-24-20(26)22(30-31-24)29-23(35)16-7-4-5-8-17(16)27/h4-10,15H,11-14H2,1-3H3,(H2-,28,29,30,31,35,36,37)/p+1. The molecule has 2 aromatic carbocycles. The highest BCUT2D eigenvalue weighted by Crippen LogP contribution is 2.39. The number of H-pyrrole nitrogens is 1. The normalized spacial score (nSPS) is 15.2. The summed E-state index contributed by atoms with van der Waals surface area (Å²) in [5.41, 5.74) is 1.69. The van der Waals surface area contributed by atoms with Crippen molar-refractivity contribution >= 4 is 62.4 Å². The molecular formula is C25H28BrClN7O4+. The maximum absolute atomic E-state index is 13.5. The van der Waals surface area contributed by atoms with Crippen molar-refractivity contribution in [3.05, 3.63) is 62.4 Å². The number of nitrogens with zero attached hydrogens (tertiary/aromatic N) is 4. The van der Waals surface area contributed by atoms with Gasteiger partial charge in [0.15, 0.2) is 0 Å². The summed E-state index contributed by atoms with van der Waals surface area (Å²) < 4.78 is 6.59. The Bertz CT molecular complexity index is 1360. The van der Waals surface area contributed by atoms with Gasteiger partial charge in [0.2, 0.25) is 6.04 Å². The highest BCUT2D eigenvalue weighted by molar-refractivity contribution is 9.10. The topological polar surface area (TPSA) is 123 Å². The highest BCUT2D eigenvalue weighted by atomic mass is 79.9. The fourth-order valence-corrected chi connectivity index (χ4v) is 4.69. The average molecular weight is 606 g/mol. The van der Waals surface area contributed by atoms with Crippen molar-refractivity contribution < 1.29 is 19.1 Å². The van der Waals surface area contributed by atoms with E-state index >= 15 is 0 Å². The zero-order valence-corrected chi connectivity index (χ0v) is 23.5. The van der Waals surface area contributed by atoms with Crippen molar-refractivity contribution in [3.8, 4) is 5.88 Å². The van der Waals surface area contributed by atoms with Crippen LogP contribution in [0.3, 0.4) is 0 Å². The number of hydrogen-bond donors (Lipinski definition) is 3. The number of aromatic nitrogens is 2. The first-order valence-electron chi connectivity index (χ1n) is 11.9. The van der Waals surface area contributed by atoms with Crippen molar-refractivity contribution in [3.63, 3.8) is 0 Å². The van der Waals surface area contributed by atoms with Gasteiger partial charge in [-0.25, -0.2) is 4.79 Å². The summed E-state index contributed by atoms with van der Waals surface area (Å²) in [7, 11) is 5.86. The van der Waals surface area contributed by atoms with Crippen molar-refractivity contribution in [2.45, 2.75) is 18.9 Å². The molecule has 0 bridgehead atoms. The van der Waals surface area contributed by atoms with Gasteiger partial charge >= 0.3 is 11.8 Å². The number of halogens is 2. The summed E-state index contributed by atoms with van der Waals surface area (Å²) in [6, 6.07) is 11.6. The largest absolute Gasteiger partial charge is 0.418 e. The number of amides is 2. The van der Waals surface area contributed by atoms with E-state index in [1.54, 1.807) is 36.4 Å². The average Bonchev–Trinajstić information content (AvgIpc) is 3.15. The van der Waals surface area contributed by atoms with Crippen LogP contribution in [-0.4, -0.2) is 72.1 Å². The zero-order chi connectivity index (χ0) is 27.4. The summed E-state index contributed by atoms with van der Waals surface area (Å²) in [4.78, 5) is 42.9. The zero-order valence-electron chi connectivity index (χ0n) is 21.1. The molecule has 4 rings (SSSR count). The monoisotopic (exact) mass is 604 g/mol. The van der Waals surface area contributed by atoms with Crippen LogP contribution in [0, 0.1) is 4.91 Å². The van der Waals surface area contributed by atoms with Gasteiger partial charge in [-0.15, -0.1) is 5.10 Å². The molecular weight excluding hydrogens is 578 g/mol. The Morgan fingerprint density at radius 1 is 1.24 bits per heavy atom. The Hall–Kier alpha value is -3.48. The lowest BCUT2D eigenvalue weighted by molar-refractivity contribution is -0.505. The predicted octanol–water partition coefficient (Wildman–Crippen LogP) is 5.26. The Morgan fingerprint density at radius 2 is 2.00 bits per heavy atom. The molecule has 3 aromatic rings. The lowest BCUT2D eigenvalue weighted by Gasteiger charge is -2.16. The predicted molar refractivity (Wildman–Crippen MR) is 150 cm³/mol. The van der Waals surface area contributed by atoms with E-state index in [1.807, 2.05) is 37.0 Å². The summed E-state index contributed by atoms with van der Waals surface area (Å²) in [6.07, 6.45) is 0.528. The number of anilines is 3. The number of para-hydroxylation sites is 1. The van der Waals surface area contributed by atoms with Crippen LogP contribution >= 0.6 is 27.5 Å². The lowest BCUT2D eigenvalue weighted by Crippen LogP contribution is -2.27. The first kappa shape index (κ1) is 27.6. The molecule has 1 aliphatic rings. The third kappa shape index (κ3) is 6.14. The maximum atomic E-state index is 13.5. The van der Waals surface area contributed by atoms with Gasteiger partial charge in [0, 0.05) is 42.6 Å². The fourth-order valence-electron chi connectivity index (χ4n) is 4.12. The second kappa shape index (κ2) is 11.9. The lowest BCUT2D eigenvalue weighted by atomic mass is 10.1. The minimum atomic E-state index is -0.847. The number of fused-ring (bicyclic) bond motifs is 1. The summed E-state index contributed by atoms with van der Waals surface area (Å²) in [5, 5.41) is 12.2. The molecule has 1 atom stereocenters. The molecule has 0 spiro atoms. The molecule has 3 N–H and O–H groups in total. The fraction of sp³-hybridized carbons (Fsp3) is 0.320. The van der Waals surface area contributed by atoms with Gasteiger partial charge in [-0.05, 0) is 54.3 Å². The number of rotatable bonds is 7. The van der Waals surface area contributed by atoms with E-state index in [2.05, 4.69) is 36.8 Å². The molecule has 38 heavy (non-hydrogen) atoms. The molecule has 1 aliphatic heterocycles. The first-order valence-corrected chi connectivity index (χ1v) is 13.1. The number of aromatic amines is 1. The van der Waals surface area contributed by atoms with E-state index in [-0.39, 0.29) is 27.8 Å². The van der Waals surface area contributed by atoms with Crippen LogP contribution in [-0.2, 0) is 0 Å². The molecule has 200 valence electrons. The van der Waals surface area contributed by atoms with Gasteiger partial charge in [-0.3, -0.25) is 15.2 Å². The minimum Gasteiger partial charge on any atom is -0.388 e. The van der Waals surface area contributed by atoms with E-state index in [1.165, 1.54) is 0 Å². The van der Waals surface area contributed by atoms with Crippen LogP contribution in [0.4, 0.5) is 27.7 Å². The van der Waals surface area contributed by atoms with Gasteiger partial charge < -0.3 is 19.9 Å². The van der Waals surface area contributed by atoms with Crippen molar-refractivity contribution in [2.24, 2.45) is 0 Å². The van der Waals surface area contributed by atoms with Gasteiger partial charge in [-0.1, -0.05) is 29.8 Å². The molecule has 13 heteroatoms. The quantitative estimate of drug-likeness (QED) is 0.314. The Balaban J connectivity index is 1.49. The molecule has 0 fully saturated rings. The summed E-state index contributed by atoms with van der Waals surface area (Å²) in [5.74, 6) is -0.382. The van der Waals surface area contributed by atoms with E-state index in [0.29, 0.717) is 35.8 Å².